The van der Waals surface area contributed by atoms with Crippen LogP contribution < -0.4 is 16.4 Å². The van der Waals surface area contributed by atoms with Crippen LogP contribution in [-0.2, 0) is 4.79 Å². The largest absolute Gasteiger partial charge is 0.370 e. The van der Waals surface area contributed by atoms with E-state index in [1.54, 1.807) is 4.57 Å². The number of aromatic nitrogens is 4. The zero-order chi connectivity index (χ0) is 25.3. The Labute approximate surface area is 209 Å². The molecule has 2 heterocycles. The van der Waals surface area contributed by atoms with E-state index in [2.05, 4.69) is 25.6 Å². The summed E-state index contributed by atoms with van der Waals surface area (Å²) in [6.45, 7) is 2.00. The van der Waals surface area contributed by atoms with Crippen LogP contribution in [0.2, 0.25) is 10.0 Å². The van der Waals surface area contributed by atoms with Gasteiger partial charge in [-0.2, -0.15) is 4.98 Å². The fourth-order valence-corrected chi connectivity index (χ4v) is 4.71. The lowest BCUT2D eigenvalue weighted by molar-refractivity contribution is -0.118. The zero-order valence-electron chi connectivity index (χ0n) is 18.8. The molecule has 0 saturated heterocycles. The highest BCUT2D eigenvalue weighted by Crippen LogP contribution is 2.39. The van der Waals surface area contributed by atoms with Crippen LogP contribution in [0.1, 0.15) is 51.5 Å². The lowest BCUT2D eigenvalue weighted by Crippen LogP contribution is -2.44. The topological polar surface area (TPSA) is 111 Å². The minimum absolute atomic E-state index is 0.0529. The molecule has 0 spiro atoms. The number of halogens is 5. The van der Waals surface area contributed by atoms with Crippen molar-refractivity contribution in [3.8, 4) is 0 Å². The van der Waals surface area contributed by atoms with Crippen molar-refractivity contribution in [3.05, 3.63) is 34.2 Å². The highest BCUT2D eigenvalue weighted by molar-refractivity contribution is 6.39. The van der Waals surface area contributed by atoms with E-state index in [0.717, 1.165) is 18.6 Å². The van der Waals surface area contributed by atoms with Crippen LogP contribution in [0.4, 0.5) is 30.8 Å². The summed E-state index contributed by atoms with van der Waals surface area (Å²) in [6, 6.07) is 1.56. The minimum atomic E-state index is -2.69. The van der Waals surface area contributed by atoms with Gasteiger partial charge in [-0.25, -0.2) is 23.1 Å². The summed E-state index contributed by atoms with van der Waals surface area (Å²) in [5.41, 5.74) is 6.49. The van der Waals surface area contributed by atoms with Crippen molar-refractivity contribution in [2.45, 2.75) is 63.5 Å². The van der Waals surface area contributed by atoms with Crippen LogP contribution in [0.25, 0.3) is 11.2 Å². The molecule has 1 aromatic carbocycles. The van der Waals surface area contributed by atoms with Crippen LogP contribution in [0.15, 0.2) is 18.3 Å². The third kappa shape index (κ3) is 5.72. The van der Waals surface area contributed by atoms with Gasteiger partial charge in [0.1, 0.15) is 11.3 Å². The molecule has 2 aromatic heterocycles. The normalized spacial score (nSPS) is 16.2. The van der Waals surface area contributed by atoms with Gasteiger partial charge in [0.25, 0.3) is 5.92 Å². The van der Waals surface area contributed by atoms with E-state index < -0.39 is 23.7 Å². The van der Waals surface area contributed by atoms with Crippen molar-refractivity contribution < 1.29 is 18.0 Å². The molecule has 0 bridgehead atoms. The second-order valence-corrected chi connectivity index (χ2v) is 9.44. The van der Waals surface area contributed by atoms with Gasteiger partial charge in [0, 0.05) is 31.3 Å². The van der Waals surface area contributed by atoms with Crippen molar-refractivity contribution in [1.29, 1.82) is 0 Å². The summed E-state index contributed by atoms with van der Waals surface area (Å²) in [7, 11) is 0. The van der Waals surface area contributed by atoms with Crippen molar-refractivity contribution in [1.82, 2.24) is 19.5 Å². The molecule has 35 heavy (non-hydrogen) atoms. The maximum atomic E-state index is 13.7. The zero-order valence-corrected chi connectivity index (χ0v) is 20.3. The van der Waals surface area contributed by atoms with Crippen LogP contribution in [0.3, 0.4) is 0 Å². The number of nitrogens with one attached hydrogen (secondary N) is 2. The van der Waals surface area contributed by atoms with Crippen LogP contribution >= 0.6 is 23.2 Å². The fourth-order valence-electron chi connectivity index (χ4n) is 4.16. The van der Waals surface area contributed by atoms with Crippen LogP contribution in [0.5, 0.6) is 0 Å². The van der Waals surface area contributed by atoms with Gasteiger partial charge in [0.15, 0.2) is 5.65 Å². The molecule has 4 N–H and O–H groups in total. The lowest BCUT2D eigenvalue weighted by atomic mass is 9.88. The van der Waals surface area contributed by atoms with Gasteiger partial charge < -0.3 is 16.4 Å². The number of nitrogens with two attached hydrogens (primary N) is 1. The number of benzene rings is 1. The quantitative estimate of drug-likeness (QED) is 0.304. The molecule has 0 radical (unpaired) electrons. The maximum Gasteiger partial charge on any atom is 0.252 e. The number of carbonyl (C=O) groups is 1. The number of primary amides is 1. The van der Waals surface area contributed by atoms with Crippen molar-refractivity contribution in [2.24, 2.45) is 5.73 Å². The number of nitrogens with zero attached hydrogens (tertiary/aromatic N) is 4. The molecule has 8 nitrogen and oxygen atoms in total. The summed E-state index contributed by atoms with van der Waals surface area (Å²) in [5.74, 6) is -3.23. The predicted octanol–water partition coefficient (Wildman–Crippen LogP) is 5.83. The predicted molar refractivity (Wildman–Crippen MR) is 129 cm³/mol. The summed E-state index contributed by atoms with van der Waals surface area (Å²) in [5, 5.41) is 6.11. The first-order chi connectivity index (χ1) is 16.6. The van der Waals surface area contributed by atoms with Gasteiger partial charge >= 0.3 is 0 Å². The molecule has 1 atom stereocenters. The molecule has 1 amide bonds. The molecule has 0 unspecified atom stereocenters. The Morgan fingerprint density at radius 1 is 1.26 bits per heavy atom. The number of carbonyl (C=O) groups excluding carboxylic acids is 1. The number of alkyl halides is 2. The average molecular weight is 530 g/mol. The summed E-state index contributed by atoms with van der Waals surface area (Å²) in [6.07, 6.45) is 2.89. The van der Waals surface area contributed by atoms with Gasteiger partial charge in [-0.1, -0.05) is 36.5 Å². The smallest absolute Gasteiger partial charge is 0.252 e. The lowest BCUT2D eigenvalue weighted by Gasteiger charge is -2.35. The highest BCUT2D eigenvalue weighted by atomic mass is 35.5. The van der Waals surface area contributed by atoms with Crippen molar-refractivity contribution in [2.75, 3.05) is 10.6 Å². The number of imidazole rings is 1. The Balaban J connectivity index is 1.76. The minimum Gasteiger partial charge on any atom is -0.370 e. The number of amides is 1. The van der Waals surface area contributed by atoms with Gasteiger partial charge in [-0.15, -0.1) is 0 Å². The summed E-state index contributed by atoms with van der Waals surface area (Å²) >= 11 is 12.4. The van der Waals surface area contributed by atoms with E-state index in [0.29, 0.717) is 30.0 Å². The number of fused-ring (bicyclic) bond motifs is 1. The average Bonchev–Trinajstić information content (AvgIpc) is 3.09. The van der Waals surface area contributed by atoms with E-state index in [4.69, 9.17) is 28.9 Å². The Bertz CT molecular complexity index is 1220. The third-order valence-electron chi connectivity index (χ3n) is 5.81. The first-order valence-electron chi connectivity index (χ1n) is 11.2. The molecule has 1 fully saturated rings. The fraction of sp³-hybridized carbons (Fsp3) is 0.455. The van der Waals surface area contributed by atoms with Crippen molar-refractivity contribution in [3.63, 3.8) is 0 Å². The monoisotopic (exact) mass is 529 g/mol. The molecule has 4 rings (SSSR count). The molecule has 1 saturated carbocycles. The van der Waals surface area contributed by atoms with Crippen LogP contribution in [-0.4, -0.2) is 37.4 Å². The van der Waals surface area contributed by atoms with E-state index in [9.17, 15) is 18.0 Å². The Morgan fingerprint density at radius 3 is 2.54 bits per heavy atom. The molecule has 188 valence electrons. The third-order valence-corrected chi connectivity index (χ3v) is 6.41. The first kappa shape index (κ1) is 25.3. The molecule has 1 aliphatic rings. The first-order valence-corrected chi connectivity index (χ1v) is 11.9. The van der Waals surface area contributed by atoms with Gasteiger partial charge in [0.05, 0.1) is 21.9 Å². The number of hydrogen-bond acceptors (Lipinski definition) is 6. The molecule has 1 aliphatic carbocycles. The molecule has 13 heteroatoms. The van der Waals surface area contributed by atoms with E-state index in [1.807, 2.05) is 6.92 Å². The van der Waals surface area contributed by atoms with E-state index in [1.165, 1.54) is 6.20 Å². The van der Waals surface area contributed by atoms with Gasteiger partial charge in [0.2, 0.25) is 17.8 Å². The SMILES string of the molecule is CCC[C@@H](CCC(N)=O)n1c(Nc2c(Cl)cc(F)cc2Cl)nc2cnc(NC3CC(F)(F)C3)nc21. The maximum absolute atomic E-state index is 13.7. The second-order valence-electron chi connectivity index (χ2n) is 8.63. The molecule has 0 aliphatic heterocycles. The number of hydrogen-bond donors (Lipinski definition) is 3. The Hall–Kier alpha value is -2.79. The molecule has 3 aromatic rings. The Morgan fingerprint density at radius 2 is 1.94 bits per heavy atom. The summed E-state index contributed by atoms with van der Waals surface area (Å²) in [4.78, 5) is 24.9. The standard InChI is InChI=1S/C22H24Cl2F3N7O/c1-2-3-13(4-5-17(28)35)34-19-16(10-29-20(33-19)30-12-8-22(26,27)9-12)31-21(34)32-18-14(23)6-11(25)7-15(18)24/h6-7,10,12-13H,2-5,8-9H2,1H3,(H2,28,35)(H,31,32)(H,29,30,33)/t13-/m0/s1. The summed E-state index contributed by atoms with van der Waals surface area (Å²) < 4.78 is 42.0. The van der Waals surface area contributed by atoms with Crippen molar-refractivity contribution >= 4 is 57.9 Å². The number of rotatable bonds is 10. The second kappa shape index (κ2) is 10.1. The van der Waals surface area contributed by atoms with E-state index in [-0.39, 0.29) is 47.0 Å². The highest BCUT2D eigenvalue weighted by Gasteiger charge is 2.45. The molecular weight excluding hydrogens is 506 g/mol. The van der Waals surface area contributed by atoms with Gasteiger partial charge in [-0.3, -0.25) is 9.36 Å². The Kier molecular flexibility index (Phi) is 7.27. The van der Waals surface area contributed by atoms with E-state index >= 15 is 0 Å². The van der Waals surface area contributed by atoms with Gasteiger partial charge in [-0.05, 0) is 25.0 Å². The van der Waals surface area contributed by atoms with Crippen LogP contribution in [0, 0.1) is 5.82 Å². The number of anilines is 3. The molecular formula is C22H24Cl2F3N7O.